The lowest BCUT2D eigenvalue weighted by molar-refractivity contribution is -0.176. The van der Waals surface area contributed by atoms with E-state index in [-0.39, 0.29) is 24.5 Å². The van der Waals surface area contributed by atoms with Gasteiger partial charge in [0.25, 0.3) is 0 Å². The van der Waals surface area contributed by atoms with Gasteiger partial charge in [0.1, 0.15) is 6.61 Å². The molecule has 1 rings (SSSR count). The minimum absolute atomic E-state index is 0.100. The lowest BCUT2D eigenvalue weighted by atomic mass is 9.82. The fraction of sp³-hybridized carbons (Fsp3) is 1.00. The maximum absolute atomic E-state index is 11.9. The number of ether oxygens (including phenoxy) is 2. The van der Waals surface area contributed by atoms with Crippen LogP contribution in [0.25, 0.3) is 0 Å². The molecule has 0 saturated carbocycles. The van der Waals surface area contributed by atoms with Crippen molar-refractivity contribution in [1.82, 2.24) is 0 Å². The molecule has 2 atom stereocenters. The summed E-state index contributed by atoms with van der Waals surface area (Å²) < 4.78 is 46.1. The summed E-state index contributed by atoms with van der Waals surface area (Å²) >= 11 is 0. The number of alkyl halides is 3. The van der Waals surface area contributed by atoms with Crippen molar-refractivity contribution in [3.05, 3.63) is 0 Å². The third-order valence-electron chi connectivity index (χ3n) is 3.43. The zero-order valence-electron chi connectivity index (χ0n) is 11.9. The summed E-state index contributed by atoms with van der Waals surface area (Å²) in [6.45, 7) is 6.31. The molecule has 0 aromatic heterocycles. The van der Waals surface area contributed by atoms with Crippen LogP contribution in [-0.4, -0.2) is 41.8 Å². The van der Waals surface area contributed by atoms with Gasteiger partial charge in [0.15, 0.2) is 0 Å². The summed E-state index contributed by atoms with van der Waals surface area (Å²) in [6.07, 6.45) is -4.17. The fourth-order valence-electron chi connectivity index (χ4n) is 2.80. The van der Waals surface area contributed by atoms with Crippen molar-refractivity contribution in [1.29, 1.82) is 0 Å². The molecule has 0 bridgehead atoms. The van der Waals surface area contributed by atoms with Crippen LogP contribution in [0.2, 0.25) is 0 Å². The molecule has 1 N–H and O–H groups in total. The number of halogens is 3. The second kappa shape index (κ2) is 5.58. The molecule has 0 aliphatic carbocycles. The van der Waals surface area contributed by atoms with E-state index in [0.29, 0.717) is 6.42 Å². The van der Waals surface area contributed by atoms with Gasteiger partial charge in [0.05, 0.1) is 17.3 Å². The van der Waals surface area contributed by atoms with Crippen LogP contribution >= 0.6 is 0 Å². The monoisotopic (exact) mass is 284 g/mol. The Bertz CT molecular complexity index is 300. The van der Waals surface area contributed by atoms with E-state index in [1.165, 1.54) is 0 Å². The Kier molecular flexibility index (Phi) is 4.91. The summed E-state index contributed by atoms with van der Waals surface area (Å²) in [5, 5.41) is 10.1. The molecule has 0 aromatic rings. The zero-order valence-corrected chi connectivity index (χ0v) is 11.9. The molecule has 0 aromatic carbocycles. The summed E-state index contributed by atoms with van der Waals surface area (Å²) in [5.41, 5.74) is -0.797. The minimum Gasteiger partial charge on any atom is -0.393 e. The van der Waals surface area contributed by atoms with Crippen molar-refractivity contribution in [2.24, 2.45) is 5.92 Å². The first-order chi connectivity index (χ1) is 8.43. The molecule has 1 aliphatic heterocycles. The Morgan fingerprint density at radius 3 is 2.32 bits per heavy atom. The molecule has 19 heavy (non-hydrogen) atoms. The van der Waals surface area contributed by atoms with Crippen LogP contribution in [0.5, 0.6) is 0 Å². The Labute approximate surface area is 112 Å². The maximum Gasteiger partial charge on any atom is 0.411 e. The summed E-state index contributed by atoms with van der Waals surface area (Å²) in [7, 11) is 0. The normalized spacial score (nSPS) is 27.5. The second-order valence-electron chi connectivity index (χ2n) is 6.30. The topological polar surface area (TPSA) is 38.7 Å². The first kappa shape index (κ1) is 16.7. The van der Waals surface area contributed by atoms with Crippen LogP contribution in [0.1, 0.15) is 40.5 Å². The Hall–Kier alpha value is -0.330. The van der Waals surface area contributed by atoms with Crippen LogP contribution in [0.3, 0.4) is 0 Å². The second-order valence-corrected chi connectivity index (χ2v) is 6.30. The van der Waals surface area contributed by atoms with Gasteiger partial charge in [0, 0.05) is 12.5 Å². The number of rotatable bonds is 5. The predicted octanol–water partition coefficient (Wildman–Crippen LogP) is 2.91. The van der Waals surface area contributed by atoms with Gasteiger partial charge in [-0.3, -0.25) is 0 Å². The van der Waals surface area contributed by atoms with Crippen LogP contribution in [0, 0.1) is 5.92 Å². The van der Waals surface area contributed by atoms with Gasteiger partial charge in [-0.15, -0.1) is 0 Å². The van der Waals surface area contributed by atoms with Gasteiger partial charge < -0.3 is 14.6 Å². The van der Waals surface area contributed by atoms with E-state index in [9.17, 15) is 18.3 Å². The molecular weight excluding hydrogens is 261 g/mol. The van der Waals surface area contributed by atoms with Crippen molar-refractivity contribution in [2.75, 3.05) is 13.2 Å². The molecule has 0 spiro atoms. The summed E-state index contributed by atoms with van der Waals surface area (Å²) in [6, 6.07) is 0. The predicted molar refractivity (Wildman–Crippen MR) is 64.8 cm³/mol. The number of aliphatic hydroxyl groups is 1. The molecule has 2 unspecified atom stereocenters. The van der Waals surface area contributed by atoms with Crippen LogP contribution in [0.15, 0.2) is 0 Å². The highest BCUT2D eigenvalue weighted by molar-refractivity contribution is 4.97. The summed E-state index contributed by atoms with van der Waals surface area (Å²) in [5.74, 6) is -0.100. The molecule has 6 heteroatoms. The number of hydrogen-bond acceptors (Lipinski definition) is 3. The molecule has 114 valence electrons. The number of hydrogen-bond donors (Lipinski definition) is 1. The molecule has 1 saturated heterocycles. The van der Waals surface area contributed by atoms with E-state index in [1.54, 1.807) is 0 Å². The van der Waals surface area contributed by atoms with Crippen LogP contribution < -0.4 is 0 Å². The lowest BCUT2D eigenvalue weighted by Gasteiger charge is -2.30. The van der Waals surface area contributed by atoms with E-state index in [2.05, 4.69) is 4.74 Å². The molecule has 1 fully saturated rings. The average molecular weight is 284 g/mol. The highest BCUT2D eigenvalue weighted by Crippen LogP contribution is 2.44. The highest BCUT2D eigenvalue weighted by atomic mass is 19.4. The Morgan fingerprint density at radius 2 is 1.89 bits per heavy atom. The van der Waals surface area contributed by atoms with Gasteiger partial charge >= 0.3 is 6.18 Å². The standard InChI is InChI=1S/C13H23F3O3/c1-11(2)7-9(12(3,4)19-11)10(17)5-6-18-8-13(14,15)16/h9-10,17H,5-8H2,1-4H3. The van der Waals surface area contributed by atoms with Crippen molar-refractivity contribution in [3.8, 4) is 0 Å². The fourth-order valence-corrected chi connectivity index (χ4v) is 2.80. The van der Waals surface area contributed by atoms with E-state index in [0.717, 1.165) is 0 Å². The molecule has 1 aliphatic rings. The maximum atomic E-state index is 11.9. The van der Waals surface area contributed by atoms with Gasteiger partial charge in [0.2, 0.25) is 0 Å². The molecule has 3 nitrogen and oxygen atoms in total. The van der Waals surface area contributed by atoms with Gasteiger partial charge in [-0.2, -0.15) is 13.2 Å². The van der Waals surface area contributed by atoms with E-state index in [4.69, 9.17) is 4.74 Å². The van der Waals surface area contributed by atoms with Crippen LogP contribution in [-0.2, 0) is 9.47 Å². The smallest absolute Gasteiger partial charge is 0.393 e. The van der Waals surface area contributed by atoms with Gasteiger partial charge in [-0.1, -0.05) is 0 Å². The lowest BCUT2D eigenvalue weighted by Crippen LogP contribution is -2.37. The highest BCUT2D eigenvalue weighted by Gasteiger charge is 2.48. The Morgan fingerprint density at radius 1 is 1.32 bits per heavy atom. The van der Waals surface area contributed by atoms with Crippen molar-refractivity contribution in [2.45, 2.75) is 64.0 Å². The van der Waals surface area contributed by atoms with E-state index in [1.807, 2.05) is 27.7 Å². The molecule has 1 heterocycles. The quantitative estimate of drug-likeness (QED) is 0.789. The molecular formula is C13H23F3O3. The zero-order chi connectivity index (χ0) is 14.9. The van der Waals surface area contributed by atoms with Gasteiger partial charge in [-0.25, -0.2) is 0 Å². The minimum atomic E-state index is -4.32. The van der Waals surface area contributed by atoms with E-state index >= 15 is 0 Å². The van der Waals surface area contributed by atoms with E-state index < -0.39 is 24.5 Å². The average Bonchev–Trinajstić information content (AvgIpc) is 2.40. The van der Waals surface area contributed by atoms with Crippen molar-refractivity contribution >= 4 is 0 Å². The third kappa shape index (κ3) is 5.28. The molecule has 0 amide bonds. The third-order valence-corrected chi connectivity index (χ3v) is 3.43. The first-order valence-corrected chi connectivity index (χ1v) is 6.46. The van der Waals surface area contributed by atoms with Crippen molar-refractivity contribution < 1.29 is 27.8 Å². The Balaban J connectivity index is 2.40. The SMILES string of the molecule is CC1(C)CC(C(O)CCOCC(F)(F)F)C(C)(C)O1. The molecule has 0 radical (unpaired) electrons. The van der Waals surface area contributed by atoms with Gasteiger partial charge in [-0.05, 0) is 40.5 Å². The largest absolute Gasteiger partial charge is 0.411 e. The first-order valence-electron chi connectivity index (χ1n) is 6.46. The van der Waals surface area contributed by atoms with Crippen LogP contribution in [0.4, 0.5) is 13.2 Å². The number of aliphatic hydroxyl groups excluding tert-OH is 1. The van der Waals surface area contributed by atoms with Crippen molar-refractivity contribution in [3.63, 3.8) is 0 Å². The summed E-state index contributed by atoms with van der Waals surface area (Å²) in [4.78, 5) is 0.